The van der Waals surface area contributed by atoms with Crippen LogP contribution < -0.4 is 19.9 Å². The minimum Gasteiger partial charge on any atom is -0.497 e. The fourth-order valence-electron chi connectivity index (χ4n) is 5.50. The van der Waals surface area contributed by atoms with Crippen molar-refractivity contribution in [3.63, 3.8) is 0 Å². The summed E-state index contributed by atoms with van der Waals surface area (Å²) in [6, 6.07) is 19.7. The number of fused-ring (bicyclic) bond motifs is 2. The minimum atomic E-state index is -0.371. The molecule has 0 spiro atoms. The second-order valence-corrected chi connectivity index (χ2v) is 10.0. The van der Waals surface area contributed by atoms with Gasteiger partial charge in [0, 0.05) is 19.2 Å². The summed E-state index contributed by atoms with van der Waals surface area (Å²) >= 11 is 0. The average molecular weight is 524 g/mol. The molecule has 0 unspecified atom stereocenters. The van der Waals surface area contributed by atoms with Crippen LogP contribution in [0.1, 0.15) is 52.3 Å². The number of hydrogen-bond donors (Lipinski definition) is 2. The first-order chi connectivity index (χ1) is 18.9. The van der Waals surface area contributed by atoms with E-state index < -0.39 is 0 Å². The standard InChI is InChI=1S/C30H29N5O4/c1-18(27-32-23-12-3-4-13-24(23)33-27)31-28(36)19-8-7-15-34(17-19)25-14-6-11-22-26(25)30(38)35(29(22)37)20-9-5-10-21(16-20)39-2/h3-6,9-14,16,18-19H,7-8,15,17H2,1-2H3,(H,31,36)(H,32,33)/t18-,19+/m0/s1. The van der Waals surface area contributed by atoms with Crippen molar-refractivity contribution in [1.82, 2.24) is 15.3 Å². The summed E-state index contributed by atoms with van der Waals surface area (Å²) in [7, 11) is 1.54. The summed E-state index contributed by atoms with van der Waals surface area (Å²) in [5.74, 6) is 0.217. The van der Waals surface area contributed by atoms with Crippen molar-refractivity contribution in [2.24, 2.45) is 5.92 Å². The number of carbonyl (C=O) groups is 3. The Bertz CT molecular complexity index is 1560. The lowest BCUT2D eigenvalue weighted by Crippen LogP contribution is -2.44. The number of amides is 3. The molecule has 6 rings (SSSR count). The monoisotopic (exact) mass is 523 g/mol. The summed E-state index contributed by atoms with van der Waals surface area (Å²) in [5.41, 5.74) is 3.67. The zero-order valence-electron chi connectivity index (χ0n) is 21.8. The molecule has 0 aliphatic carbocycles. The molecule has 3 aromatic carbocycles. The zero-order chi connectivity index (χ0) is 27.1. The van der Waals surface area contributed by atoms with E-state index in [4.69, 9.17) is 4.74 Å². The molecule has 2 atom stereocenters. The van der Waals surface area contributed by atoms with Crippen LogP contribution >= 0.6 is 0 Å². The summed E-state index contributed by atoms with van der Waals surface area (Å²) in [6.45, 7) is 3.06. The van der Waals surface area contributed by atoms with Crippen molar-refractivity contribution in [1.29, 1.82) is 0 Å². The Morgan fingerprint density at radius 2 is 1.90 bits per heavy atom. The quantitative estimate of drug-likeness (QED) is 0.361. The SMILES string of the molecule is COc1cccc(N2C(=O)c3cccc(N4CCC[C@@H](C(=O)N[C@@H](C)c5nc6ccccc6[nH]5)C4)c3C2=O)c1. The van der Waals surface area contributed by atoms with Crippen molar-refractivity contribution < 1.29 is 19.1 Å². The minimum absolute atomic E-state index is 0.0550. The van der Waals surface area contributed by atoms with Crippen molar-refractivity contribution in [3.05, 3.63) is 83.7 Å². The van der Waals surface area contributed by atoms with Crippen LogP contribution in [0.3, 0.4) is 0 Å². The molecule has 0 bridgehead atoms. The molecule has 198 valence electrons. The van der Waals surface area contributed by atoms with Crippen LogP contribution in [0.15, 0.2) is 66.7 Å². The van der Waals surface area contributed by atoms with Crippen molar-refractivity contribution in [2.75, 3.05) is 30.0 Å². The van der Waals surface area contributed by atoms with Crippen LogP contribution in [-0.2, 0) is 4.79 Å². The predicted molar refractivity (Wildman–Crippen MR) is 148 cm³/mol. The summed E-state index contributed by atoms with van der Waals surface area (Å²) in [5, 5.41) is 3.11. The molecule has 0 saturated carbocycles. The third-order valence-electron chi connectivity index (χ3n) is 7.51. The number of hydrogen-bond acceptors (Lipinski definition) is 6. The smallest absolute Gasteiger partial charge is 0.268 e. The highest BCUT2D eigenvalue weighted by molar-refractivity contribution is 6.36. The van der Waals surface area contributed by atoms with E-state index in [1.807, 2.05) is 37.3 Å². The Morgan fingerprint density at radius 3 is 2.72 bits per heavy atom. The van der Waals surface area contributed by atoms with Gasteiger partial charge >= 0.3 is 0 Å². The van der Waals surface area contributed by atoms with Gasteiger partial charge in [0.05, 0.1) is 52.6 Å². The summed E-state index contributed by atoms with van der Waals surface area (Å²) < 4.78 is 5.28. The molecular weight excluding hydrogens is 494 g/mol. The van der Waals surface area contributed by atoms with Gasteiger partial charge in [0.25, 0.3) is 11.8 Å². The van der Waals surface area contributed by atoms with Crippen LogP contribution in [0.2, 0.25) is 0 Å². The molecule has 39 heavy (non-hydrogen) atoms. The number of imidazole rings is 1. The molecular formula is C30H29N5O4. The lowest BCUT2D eigenvalue weighted by Gasteiger charge is -2.35. The lowest BCUT2D eigenvalue weighted by molar-refractivity contribution is -0.126. The first kappa shape index (κ1) is 24.7. The highest BCUT2D eigenvalue weighted by atomic mass is 16.5. The third-order valence-corrected chi connectivity index (χ3v) is 7.51. The van der Waals surface area contributed by atoms with Crippen LogP contribution in [0.5, 0.6) is 5.75 Å². The highest BCUT2D eigenvalue weighted by Gasteiger charge is 2.40. The van der Waals surface area contributed by atoms with E-state index >= 15 is 0 Å². The molecule has 2 N–H and O–H groups in total. The number of para-hydroxylation sites is 2. The Labute approximate surface area is 225 Å². The first-order valence-electron chi connectivity index (χ1n) is 13.1. The number of H-pyrrole nitrogens is 1. The zero-order valence-corrected chi connectivity index (χ0v) is 21.8. The molecule has 2 aliphatic rings. The maximum atomic E-state index is 13.6. The van der Waals surface area contributed by atoms with E-state index in [0.29, 0.717) is 47.2 Å². The van der Waals surface area contributed by atoms with E-state index in [9.17, 15) is 14.4 Å². The Kier molecular flexibility index (Phi) is 6.26. The van der Waals surface area contributed by atoms with E-state index in [1.165, 1.54) is 4.90 Å². The fraction of sp³-hybridized carbons (Fsp3) is 0.267. The third kappa shape index (κ3) is 4.39. The first-order valence-corrected chi connectivity index (χ1v) is 13.1. The van der Waals surface area contributed by atoms with Gasteiger partial charge in [0.15, 0.2) is 0 Å². The Hall–Kier alpha value is -4.66. The van der Waals surface area contributed by atoms with Crippen LogP contribution in [0.25, 0.3) is 11.0 Å². The molecule has 2 aliphatic heterocycles. The van der Waals surface area contributed by atoms with Gasteiger partial charge in [0.1, 0.15) is 11.6 Å². The Morgan fingerprint density at radius 1 is 1.08 bits per heavy atom. The second kappa shape index (κ2) is 9.90. The van der Waals surface area contributed by atoms with Crippen molar-refractivity contribution >= 4 is 40.1 Å². The summed E-state index contributed by atoms with van der Waals surface area (Å²) in [6.07, 6.45) is 1.54. The molecule has 1 fully saturated rings. The molecule has 3 amide bonds. The van der Waals surface area contributed by atoms with Crippen molar-refractivity contribution in [2.45, 2.75) is 25.8 Å². The number of imide groups is 1. The van der Waals surface area contributed by atoms with Gasteiger partial charge in [0.2, 0.25) is 5.91 Å². The number of carbonyl (C=O) groups excluding carboxylic acids is 3. The average Bonchev–Trinajstić information content (AvgIpc) is 3.52. The summed E-state index contributed by atoms with van der Waals surface area (Å²) in [4.78, 5) is 51.4. The number of nitrogens with zero attached hydrogens (tertiary/aromatic N) is 3. The fourth-order valence-corrected chi connectivity index (χ4v) is 5.50. The van der Waals surface area contributed by atoms with Gasteiger partial charge in [-0.3, -0.25) is 14.4 Å². The van der Waals surface area contributed by atoms with Crippen LogP contribution in [0, 0.1) is 5.92 Å². The van der Waals surface area contributed by atoms with Crippen molar-refractivity contribution in [3.8, 4) is 5.75 Å². The maximum absolute atomic E-state index is 13.6. The van der Waals surface area contributed by atoms with Gasteiger partial charge in [-0.05, 0) is 56.2 Å². The number of ether oxygens (including phenoxy) is 1. The van der Waals surface area contributed by atoms with Crippen LogP contribution in [-0.4, -0.2) is 47.9 Å². The molecule has 1 saturated heterocycles. The van der Waals surface area contributed by atoms with Crippen LogP contribution in [0.4, 0.5) is 11.4 Å². The largest absolute Gasteiger partial charge is 0.497 e. The van der Waals surface area contributed by atoms with Gasteiger partial charge in [-0.1, -0.05) is 24.3 Å². The highest BCUT2D eigenvalue weighted by Crippen LogP contribution is 2.37. The van der Waals surface area contributed by atoms with Gasteiger partial charge in [-0.15, -0.1) is 0 Å². The van der Waals surface area contributed by atoms with E-state index in [-0.39, 0.29) is 29.7 Å². The number of benzene rings is 3. The molecule has 9 nitrogen and oxygen atoms in total. The molecule has 9 heteroatoms. The predicted octanol–water partition coefficient (Wildman–Crippen LogP) is 4.47. The van der Waals surface area contributed by atoms with E-state index in [1.54, 1.807) is 43.5 Å². The normalized spacial score (nSPS) is 17.8. The number of aromatic amines is 1. The van der Waals surface area contributed by atoms with Gasteiger partial charge < -0.3 is 19.9 Å². The molecule has 4 aromatic rings. The number of aromatic nitrogens is 2. The molecule has 3 heterocycles. The number of rotatable bonds is 6. The van der Waals surface area contributed by atoms with Gasteiger partial charge in [-0.25, -0.2) is 9.88 Å². The number of piperidine rings is 1. The Balaban J connectivity index is 1.21. The topological polar surface area (TPSA) is 108 Å². The van der Waals surface area contributed by atoms with Gasteiger partial charge in [-0.2, -0.15) is 0 Å². The number of methoxy groups -OCH3 is 1. The number of anilines is 2. The lowest BCUT2D eigenvalue weighted by atomic mass is 9.95. The molecule has 1 aromatic heterocycles. The van der Waals surface area contributed by atoms with E-state index in [2.05, 4.69) is 20.2 Å². The molecule has 0 radical (unpaired) electrons. The second-order valence-electron chi connectivity index (χ2n) is 10.0. The number of nitrogens with one attached hydrogen (secondary N) is 2. The van der Waals surface area contributed by atoms with E-state index in [0.717, 1.165) is 23.9 Å². The maximum Gasteiger partial charge on any atom is 0.268 e.